The largest absolute Gasteiger partial charge is 0.311 e. The van der Waals surface area contributed by atoms with Gasteiger partial charge in [-0.25, -0.2) is 0 Å². The highest BCUT2D eigenvalue weighted by Gasteiger charge is 2.17. The van der Waals surface area contributed by atoms with Gasteiger partial charge in [0.25, 0.3) is 0 Å². The summed E-state index contributed by atoms with van der Waals surface area (Å²) in [6.07, 6.45) is 0. The number of nitrogens with zero attached hydrogens (tertiary/aromatic N) is 3. The summed E-state index contributed by atoms with van der Waals surface area (Å²) in [5, 5.41) is 7.52. The third-order valence-corrected chi connectivity index (χ3v) is 12.3. The number of hydrogen-bond acceptors (Lipinski definition) is 1. The molecule has 3 nitrogen and oxygen atoms in total. The minimum absolute atomic E-state index is 1.09. The van der Waals surface area contributed by atoms with Gasteiger partial charge < -0.3 is 14.0 Å². The summed E-state index contributed by atoms with van der Waals surface area (Å²) in [4.78, 5) is 2.36. The van der Waals surface area contributed by atoms with Crippen molar-refractivity contribution in [1.29, 1.82) is 0 Å². The molecule has 10 aromatic carbocycles. The van der Waals surface area contributed by atoms with Crippen molar-refractivity contribution in [2.24, 2.45) is 0 Å². The number of para-hydroxylation sites is 4. The molecule has 0 bridgehead atoms. The van der Waals surface area contributed by atoms with Gasteiger partial charge in [-0.2, -0.15) is 0 Å². The molecule has 0 saturated heterocycles. The summed E-state index contributed by atoms with van der Waals surface area (Å²) >= 11 is 0. The van der Waals surface area contributed by atoms with Gasteiger partial charge in [0.1, 0.15) is 0 Å². The highest BCUT2D eigenvalue weighted by atomic mass is 15.1. The smallest absolute Gasteiger partial charge is 0.0541 e. The van der Waals surface area contributed by atoms with Crippen molar-refractivity contribution in [2.45, 2.75) is 0 Å². The Kier molecular flexibility index (Phi) is 8.17. The van der Waals surface area contributed by atoms with Gasteiger partial charge in [0.15, 0.2) is 0 Å². The third-order valence-electron chi connectivity index (χ3n) is 12.3. The SMILES string of the molecule is c1ccc(-n2c3ccccc3c3cc(-c4ccc(N(c5ccc(-c6cccc7ccccc67)cc5)c5ccc(-n6c7ccccc7c7ccccc76)cc5)cc4)ccc32)cc1. The summed E-state index contributed by atoms with van der Waals surface area (Å²) in [5.74, 6) is 0. The maximum Gasteiger partial charge on any atom is 0.0541 e. The van der Waals surface area contributed by atoms with E-state index in [2.05, 4.69) is 251 Å². The molecule has 0 amide bonds. The monoisotopic (exact) mass is 777 g/mol. The molecular formula is C58H39N3. The Morgan fingerprint density at radius 2 is 0.689 bits per heavy atom. The summed E-state index contributed by atoms with van der Waals surface area (Å²) < 4.78 is 4.74. The van der Waals surface area contributed by atoms with Crippen molar-refractivity contribution in [3.8, 4) is 33.6 Å². The number of hydrogen-bond donors (Lipinski definition) is 0. The first-order valence-corrected chi connectivity index (χ1v) is 20.9. The average Bonchev–Trinajstić information content (AvgIpc) is 3.85. The molecule has 0 unspecified atom stereocenters. The maximum atomic E-state index is 2.38. The Bertz CT molecular complexity index is 3500. The van der Waals surface area contributed by atoms with Gasteiger partial charge in [-0.15, -0.1) is 0 Å². The Morgan fingerprint density at radius 3 is 1.30 bits per heavy atom. The van der Waals surface area contributed by atoms with Crippen LogP contribution in [0.25, 0.3) is 88.0 Å². The lowest BCUT2D eigenvalue weighted by Gasteiger charge is -2.26. The van der Waals surface area contributed by atoms with Crippen molar-refractivity contribution in [1.82, 2.24) is 9.13 Å². The number of anilines is 3. The van der Waals surface area contributed by atoms with Crippen LogP contribution in [0.15, 0.2) is 237 Å². The minimum Gasteiger partial charge on any atom is -0.311 e. The summed E-state index contributed by atoms with van der Waals surface area (Å²) in [5.41, 5.74) is 15.2. The second-order valence-electron chi connectivity index (χ2n) is 15.8. The molecular weight excluding hydrogens is 739 g/mol. The van der Waals surface area contributed by atoms with Crippen LogP contribution < -0.4 is 4.90 Å². The van der Waals surface area contributed by atoms with E-state index < -0.39 is 0 Å². The van der Waals surface area contributed by atoms with Gasteiger partial charge in [0.2, 0.25) is 0 Å². The zero-order valence-corrected chi connectivity index (χ0v) is 33.4. The first-order chi connectivity index (χ1) is 30.3. The third kappa shape index (κ3) is 5.82. The molecule has 286 valence electrons. The van der Waals surface area contributed by atoms with Gasteiger partial charge >= 0.3 is 0 Å². The second kappa shape index (κ2) is 14.3. The summed E-state index contributed by atoms with van der Waals surface area (Å²) in [6.45, 7) is 0. The fourth-order valence-electron chi connectivity index (χ4n) is 9.48. The lowest BCUT2D eigenvalue weighted by molar-refractivity contribution is 1.17. The molecule has 2 aromatic heterocycles. The molecule has 12 aromatic rings. The van der Waals surface area contributed by atoms with E-state index in [0.29, 0.717) is 0 Å². The van der Waals surface area contributed by atoms with Crippen molar-refractivity contribution < 1.29 is 0 Å². The Hall–Kier alpha value is -8.14. The molecule has 2 heterocycles. The number of fused-ring (bicyclic) bond motifs is 7. The van der Waals surface area contributed by atoms with Crippen LogP contribution in [0.2, 0.25) is 0 Å². The van der Waals surface area contributed by atoms with E-state index in [4.69, 9.17) is 0 Å². The fourth-order valence-corrected chi connectivity index (χ4v) is 9.48. The zero-order chi connectivity index (χ0) is 40.3. The van der Waals surface area contributed by atoms with Crippen molar-refractivity contribution in [3.63, 3.8) is 0 Å². The van der Waals surface area contributed by atoms with Crippen molar-refractivity contribution in [2.75, 3.05) is 4.90 Å². The number of aromatic nitrogens is 2. The first-order valence-electron chi connectivity index (χ1n) is 20.9. The lowest BCUT2D eigenvalue weighted by atomic mass is 9.98. The van der Waals surface area contributed by atoms with Gasteiger partial charge in [0, 0.05) is 50.0 Å². The van der Waals surface area contributed by atoms with Crippen LogP contribution in [0, 0.1) is 0 Å². The predicted molar refractivity (Wildman–Crippen MR) is 258 cm³/mol. The van der Waals surface area contributed by atoms with Crippen LogP contribution in [-0.4, -0.2) is 9.13 Å². The van der Waals surface area contributed by atoms with E-state index in [1.54, 1.807) is 0 Å². The fraction of sp³-hybridized carbons (Fsp3) is 0. The van der Waals surface area contributed by atoms with Crippen molar-refractivity contribution >= 4 is 71.4 Å². The molecule has 0 spiro atoms. The van der Waals surface area contributed by atoms with Crippen LogP contribution in [0.1, 0.15) is 0 Å². The second-order valence-corrected chi connectivity index (χ2v) is 15.8. The number of benzene rings is 10. The van der Waals surface area contributed by atoms with E-state index in [-0.39, 0.29) is 0 Å². The molecule has 0 fully saturated rings. The standard InChI is InChI=1S/C58H39N3/c1-2-15-44(16-3-1)60-57-24-11-8-20-53(57)54-39-43(29-38-58(54)60)40-25-30-45(31-26-40)59(46-32-27-42(28-33-46)50-21-12-14-41-13-4-5-17-49(41)50)47-34-36-48(37-35-47)61-55-22-9-6-18-51(55)52-19-7-10-23-56(52)61/h1-39H. The highest BCUT2D eigenvalue weighted by molar-refractivity contribution is 6.11. The van der Waals surface area contributed by atoms with E-state index in [0.717, 1.165) is 22.7 Å². The summed E-state index contributed by atoms with van der Waals surface area (Å²) in [7, 11) is 0. The zero-order valence-electron chi connectivity index (χ0n) is 33.4. The van der Waals surface area contributed by atoms with Crippen LogP contribution >= 0.6 is 0 Å². The molecule has 3 heteroatoms. The summed E-state index contributed by atoms with van der Waals surface area (Å²) in [6, 6.07) is 85.8. The van der Waals surface area contributed by atoms with Gasteiger partial charge in [-0.1, -0.05) is 146 Å². The molecule has 61 heavy (non-hydrogen) atoms. The Labute approximate surface area is 354 Å². The average molecular weight is 778 g/mol. The highest BCUT2D eigenvalue weighted by Crippen LogP contribution is 2.40. The Morgan fingerprint density at radius 1 is 0.262 bits per heavy atom. The van der Waals surface area contributed by atoms with Crippen LogP contribution in [0.3, 0.4) is 0 Å². The lowest BCUT2D eigenvalue weighted by Crippen LogP contribution is -2.10. The topological polar surface area (TPSA) is 13.1 Å². The predicted octanol–water partition coefficient (Wildman–Crippen LogP) is 15.8. The molecule has 0 N–H and O–H groups in total. The molecule has 0 saturated carbocycles. The van der Waals surface area contributed by atoms with Crippen LogP contribution in [0.5, 0.6) is 0 Å². The quantitative estimate of drug-likeness (QED) is 0.157. The van der Waals surface area contributed by atoms with E-state index in [1.165, 1.54) is 82.3 Å². The normalized spacial score (nSPS) is 11.6. The first kappa shape index (κ1) is 34.9. The molecule has 0 radical (unpaired) electrons. The van der Waals surface area contributed by atoms with Gasteiger partial charge in [-0.3, -0.25) is 0 Å². The van der Waals surface area contributed by atoms with Crippen LogP contribution in [-0.2, 0) is 0 Å². The molecule has 0 atom stereocenters. The van der Waals surface area contributed by atoms with Crippen LogP contribution in [0.4, 0.5) is 17.1 Å². The Balaban J connectivity index is 0.953. The van der Waals surface area contributed by atoms with Gasteiger partial charge in [-0.05, 0) is 124 Å². The van der Waals surface area contributed by atoms with E-state index in [9.17, 15) is 0 Å². The molecule has 0 aliphatic rings. The molecule has 12 rings (SSSR count). The molecule has 0 aliphatic heterocycles. The molecule has 0 aliphatic carbocycles. The van der Waals surface area contributed by atoms with E-state index in [1.807, 2.05) is 0 Å². The van der Waals surface area contributed by atoms with E-state index >= 15 is 0 Å². The van der Waals surface area contributed by atoms with Gasteiger partial charge in [0.05, 0.1) is 22.1 Å². The van der Waals surface area contributed by atoms with Crippen molar-refractivity contribution in [3.05, 3.63) is 237 Å². The number of rotatable bonds is 7. The maximum absolute atomic E-state index is 2.38. The minimum atomic E-state index is 1.09.